The second-order valence-corrected chi connectivity index (χ2v) is 13.4. The molecule has 2 aliphatic heterocycles. The van der Waals surface area contributed by atoms with E-state index in [2.05, 4.69) is 98.5 Å². The Morgan fingerprint density at radius 1 is 0.905 bits per heavy atom. The Morgan fingerprint density at radius 2 is 1.64 bits per heavy atom. The van der Waals surface area contributed by atoms with Gasteiger partial charge in [-0.05, 0) is 112 Å². The zero-order valence-corrected chi connectivity index (χ0v) is 25.6. The zero-order chi connectivity index (χ0) is 29.3. The second kappa shape index (κ2) is 11.8. The van der Waals surface area contributed by atoms with Crippen molar-refractivity contribution in [3.8, 4) is 5.75 Å². The van der Waals surface area contributed by atoms with Crippen LogP contribution in [-0.2, 0) is 20.7 Å². The fraction of sp³-hybridized carbons (Fsp3) is 0.486. The van der Waals surface area contributed by atoms with E-state index < -0.39 is 0 Å². The van der Waals surface area contributed by atoms with Crippen LogP contribution in [0.3, 0.4) is 0 Å². The summed E-state index contributed by atoms with van der Waals surface area (Å²) < 4.78 is 17.5. The van der Waals surface area contributed by atoms with Crippen molar-refractivity contribution in [1.29, 1.82) is 0 Å². The van der Waals surface area contributed by atoms with E-state index in [1.807, 2.05) is 0 Å². The topological polar surface area (TPSA) is 48.0 Å². The lowest BCUT2D eigenvalue weighted by Crippen LogP contribution is -2.50. The Morgan fingerprint density at radius 3 is 2.29 bits per heavy atom. The van der Waals surface area contributed by atoms with E-state index in [9.17, 15) is 4.79 Å². The number of esters is 1. The van der Waals surface area contributed by atoms with Crippen molar-refractivity contribution in [2.45, 2.75) is 82.3 Å². The molecule has 2 fully saturated rings. The Balaban J connectivity index is 1.20. The second-order valence-electron chi connectivity index (χ2n) is 13.4. The van der Waals surface area contributed by atoms with Crippen LogP contribution in [0, 0.1) is 5.92 Å². The van der Waals surface area contributed by atoms with Crippen LogP contribution in [0.4, 0.5) is 5.69 Å². The maximum atomic E-state index is 11.9. The molecule has 0 bridgehead atoms. The molecule has 3 aliphatic rings. The lowest BCUT2D eigenvalue weighted by Gasteiger charge is -2.46. The molecule has 6 rings (SSSR count). The first kappa shape index (κ1) is 28.8. The third-order valence-corrected chi connectivity index (χ3v) is 9.59. The largest absolute Gasteiger partial charge is 0.488 e. The van der Waals surface area contributed by atoms with Gasteiger partial charge in [-0.15, -0.1) is 0 Å². The highest BCUT2D eigenvalue weighted by Crippen LogP contribution is 2.47. The monoisotopic (exact) mass is 567 g/mol. The number of aryl methyl sites for hydroxylation is 1. The third-order valence-electron chi connectivity index (χ3n) is 9.59. The average molecular weight is 568 g/mol. The van der Waals surface area contributed by atoms with E-state index in [4.69, 9.17) is 14.2 Å². The molecule has 2 saturated heterocycles. The standard InChI is InChI=1S/C37H45NO4/c1-36(2,3)42-31-15-17-33-28(24-31)12-16-32(26-8-6-5-7-9-26)34(33)27-10-13-30(14-11-27)38-22-20-37(21-23-38)19-18-29(25-41-37)35(39)40-4/h5-11,13-15,17,24,29,32,34H,12,16,18-23,25H2,1-4H3/t29?,32-,34+/m1/s1. The van der Waals surface area contributed by atoms with Gasteiger partial charge >= 0.3 is 5.97 Å². The summed E-state index contributed by atoms with van der Waals surface area (Å²) in [5.41, 5.74) is 6.58. The molecule has 222 valence electrons. The van der Waals surface area contributed by atoms with Gasteiger partial charge in [0.2, 0.25) is 0 Å². The van der Waals surface area contributed by atoms with Gasteiger partial charge in [-0.3, -0.25) is 4.79 Å². The van der Waals surface area contributed by atoms with E-state index >= 15 is 0 Å². The number of hydrogen-bond acceptors (Lipinski definition) is 5. The van der Waals surface area contributed by atoms with E-state index in [0.29, 0.717) is 18.4 Å². The molecule has 3 aromatic carbocycles. The summed E-state index contributed by atoms with van der Waals surface area (Å²) in [5, 5.41) is 0. The maximum Gasteiger partial charge on any atom is 0.311 e. The highest BCUT2D eigenvalue weighted by atomic mass is 16.5. The molecule has 2 heterocycles. The van der Waals surface area contributed by atoms with Gasteiger partial charge in [0.25, 0.3) is 0 Å². The average Bonchev–Trinajstić information content (AvgIpc) is 3.00. The molecule has 0 saturated carbocycles. The van der Waals surface area contributed by atoms with E-state index in [1.165, 1.54) is 35.1 Å². The predicted molar refractivity (Wildman–Crippen MR) is 167 cm³/mol. The van der Waals surface area contributed by atoms with Crippen molar-refractivity contribution >= 4 is 11.7 Å². The minimum atomic E-state index is -0.215. The number of rotatable bonds is 5. The maximum absolute atomic E-state index is 11.9. The molecule has 3 aromatic rings. The van der Waals surface area contributed by atoms with Crippen molar-refractivity contribution in [3.63, 3.8) is 0 Å². The number of hydrogen-bond donors (Lipinski definition) is 0. The number of carbonyl (C=O) groups is 1. The van der Waals surface area contributed by atoms with Gasteiger partial charge in [0, 0.05) is 24.7 Å². The lowest BCUT2D eigenvalue weighted by atomic mass is 9.69. The zero-order valence-electron chi connectivity index (χ0n) is 25.6. The summed E-state index contributed by atoms with van der Waals surface area (Å²) >= 11 is 0. The van der Waals surface area contributed by atoms with Crippen LogP contribution in [0.2, 0.25) is 0 Å². The molecule has 0 amide bonds. The smallest absolute Gasteiger partial charge is 0.311 e. The van der Waals surface area contributed by atoms with Crippen molar-refractivity contribution < 1.29 is 19.0 Å². The molecule has 1 aliphatic carbocycles. The summed E-state index contributed by atoms with van der Waals surface area (Å²) in [4.78, 5) is 14.4. The fourth-order valence-electron chi connectivity index (χ4n) is 7.37. The summed E-state index contributed by atoms with van der Waals surface area (Å²) in [6.45, 7) is 8.74. The highest BCUT2D eigenvalue weighted by molar-refractivity contribution is 5.72. The third kappa shape index (κ3) is 6.08. The SMILES string of the molecule is COC(=O)C1CCC2(CCN(c3ccc([C@@H]4c5ccc(OC(C)(C)C)cc5CC[C@@H]4c4ccccc4)cc3)CC2)OC1. The molecular formula is C37H45NO4. The normalized spacial score (nSPS) is 23.7. The van der Waals surface area contributed by atoms with Crippen LogP contribution in [0.25, 0.3) is 0 Å². The van der Waals surface area contributed by atoms with Crippen LogP contribution in [0.5, 0.6) is 5.75 Å². The Hall–Kier alpha value is -3.31. The number of fused-ring (bicyclic) bond motifs is 1. The van der Waals surface area contributed by atoms with E-state index in [0.717, 1.165) is 57.4 Å². The molecule has 0 aromatic heterocycles. The van der Waals surface area contributed by atoms with Crippen LogP contribution in [0.1, 0.15) is 87.0 Å². The summed E-state index contributed by atoms with van der Waals surface area (Å²) in [5.74, 6) is 1.44. The number of ether oxygens (including phenoxy) is 3. The fourth-order valence-corrected chi connectivity index (χ4v) is 7.37. The number of anilines is 1. The van der Waals surface area contributed by atoms with Crippen LogP contribution >= 0.6 is 0 Å². The number of carbonyl (C=O) groups excluding carboxylic acids is 1. The van der Waals surface area contributed by atoms with Crippen LogP contribution in [-0.4, -0.2) is 44.0 Å². The first-order valence-corrected chi connectivity index (χ1v) is 15.7. The Bertz CT molecular complexity index is 1360. The number of methoxy groups -OCH3 is 1. The first-order chi connectivity index (χ1) is 20.2. The van der Waals surface area contributed by atoms with E-state index in [1.54, 1.807) is 0 Å². The van der Waals surface area contributed by atoms with Crippen molar-refractivity contribution in [1.82, 2.24) is 0 Å². The van der Waals surface area contributed by atoms with Crippen molar-refractivity contribution in [3.05, 3.63) is 95.1 Å². The molecule has 3 atom stereocenters. The van der Waals surface area contributed by atoms with Gasteiger partial charge in [0.1, 0.15) is 11.4 Å². The molecule has 5 nitrogen and oxygen atoms in total. The molecule has 42 heavy (non-hydrogen) atoms. The molecular weight excluding hydrogens is 522 g/mol. The quantitative estimate of drug-likeness (QED) is 0.296. The number of piperidine rings is 1. The Kier molecular flexibility index (Phi) is 8.06. The summed E-state index contributed by atoms with van der Waals surface area (Å²) in [6.07, 6.45) is 5.96. The summed E-state index contributed by atoms with van der Waals surface area (Å²) in [7, 11) is 1.46. The Labute approximate surface area is 251 Å². The molecule has 0 radical (unpaired) electrons. The highest BCUT2D eigenvalue weighted by Gasteiger charge is 2.41. The van der Waals surface area contributed by atoms with E-state index in [-0.39, 0.29) is 23.1 Å². The van der Waals surface area contributed by atoms with Crippen molar-refractivity contribution in [2.24, 2.45) is 5.92 Å². The lowest BCUT2D eigenvalue weighted by molar-refractivity contribution is -0.161. The van der Waals surface area contributed by atoms with Gasteiger partial charge in [0.05, 0.1) is 25.2 Å². The molecule has 5 heteroatoms. The predicted octanol–water partition coefficient (Wildman–Crippen LogP) is 7.66. The van der Waals surface area contributed by atoms with Gasteiger partial charge < -0.3 is 19.1 Å². The van der Waals surface area contributed by atoms with Crippen molar-refractivity contribution in [2.75, 3.05) is 31.7 Å². The van der Waals surface area contributed by atoms with Gasteiger partial charge in [-0.1, -0.05) is 48.5 Å². The number of nitrogens with zero attached hydrogens (tertiary/aromatic N) is 1. The van der Waals surface area contributed by atoms with Gasteiger partial charge in [-0.25, -0.2) is 0 Å². The molecule has 1 unspecified atom stereocenters. The molecule has 1 spiro atoms. The number of benzene rings is 3. The van der Waals surface area contributed by atoms with Gasteiger partial charge in [0.15, 0.2) is 0 Å². The van der Waals surface area contributed by atoms with Crippen LogP contribution < -0.4 is 9.64 Å². The summed E-state index contributed by atoms with van der Waals surface area (Å²) in [6, 6.07) is 27.1. The first-order valence-electron chi connectivity index (χ1n) is 15.7. The minimum absolute atomic E-state index is 0.0920. The van der Waals surface area contributed by atoms with Crippen LogP contribution in [0.15, 0.2) is 72.8 Å². The molecule has 0 N–H and O–H groups in total. The minimum Gasteiger partial charge on any atom is -0.488 e. The van der Waals surface area contributed by atoms with Gasteiger partial charge in [-0.2, -0.15) is 0 Å².